The Balaban J connectivity index is 1.04. The molecule has 6 aliphatic rings. The van der Waals surface area contributed by atoms with Crippen molar-refractivity contribution < 1.29 is 43.0 Å². The van der Waals surface area contributed by atoms with Crippen molar-refractivity contribution in [2.24, 2.45) is 28.1 Å². The number of ether oxygens (including phenoxy) is 3. The fourth-order valence-corrected chi connectivity index (χ4v) is 12.4. The molecule has 77 heavy (non-hydrogen) atoms. The highest BCUT2D eigenvalue weighted by molar-refractivity contribution is 5.97. The second-order valence-corrected chi connectivity index (χ2v) is 24.9. The number of carbonyl (C=O) groups excluding carboxylic acids is 6. The molecule has 0 unspecified atom stereocenters. The van der Waals surface area contributed by atoms with Crippen LogP contribution >= 0.6 is 0 Å². The zero-order valence-electron chi connectivity index (χ0n) is 46.6. The number of likely N-dealkylation sites (tertiary alicyclic amines) is 2. The number of hydrazine groups is 1. The van der Waals surface area contributed by atoms with Crippen LogP contribution in [-0.4, -0.2) is 130 Å². The number of cyclic esters (lactones) is 1. The number of aryl methyl sites for hydroxylation is 1. The van der Waals surface area contributed by atoms with Gasteiger partial charge in [0, 0.05) is 80.4 Å². The topological polar surface area (TPSA) is 204 Å². The first-order valence-corrected chi connectivity index (χ1v) is 28.0. The van der Waals surface area contributed by atoms with Gasteiger partial charge in [-0.25, -0.2) is 5.43 Å². The molecule has 7 heterocycles. The van der Waals surface area contributed by atoms with Gasteiger partial charge in [0.25, 0.3) is 5.91 Å². The Morgan fingerprint density at radius 2 is 1.73 bits per heavy atom. The van der Waals surface area contributed by atoms with Crippen molar-refractivity contribution in [1.82, 2.24) is 40.4 Å². The molecule has 4 amide bonds. The van der Waals surface area contributed by atoms with E-state index in [1.807, 2.05) is 49.9 Å². The van der Waals surface area contributed by atoms with Crippen LogP contribution in [0, 0.1) is 28.1 Å². The van der Waals surface area contributed by atoms with Gasteiger partial charge in [0.1, 0.15) is 29.9 Å². The molecule has 4 saturated heterocycles. The fourth-order valence-electron chi connectivity index (χ4n) is 12.4. The maximum absolute atomic E-state index is 15.2. The third kappa shape index (κ3) is 10.8. The standard InChI is InChI=1S/C60H78N8O9/c1-11-66-46-19-18-38-30-42(46)43(51(66)41-14-12-22-61-47(41)35(4)75-10)31-59(8,9)33-76-55(72)44-15-13-23-68(64-44)53(70)45(28-36-26-39(38)29-40(27-36)77-57(74)58(5,6)7)62-52(69)50(34(2)3)67-25-21-60(56(67)73)20-24-65(32-60)54(71)49-48(63-49)37-16-17-37/h12,14,18-19,22,26-27,29-30,34-35,37,44-45,48-50,63-64H,11,13,15-17,20-21,23-25,28,31-33H2,1-10H3,(H,62,69)/t35-,44-,45-,48+,49+,50-,60-/m0/s1. The molecule has 1 aliphatic carbocycles. The monoisotopic (exact) mass is 1050 g/mol. The van der Waals surface area contributed by atoms with Gasteiger partial charge in [0.05, 0.1) is 34.9 Å². The van der Waals surface area contributed by atoms with Crippen molar-refractivity contribution in [3.05, 3.63) is 71.5 Å². The van der Waals surface area contributed by atoms with Crippen LogP contribution in [0.2, 0.25) is 0 Å². The molecular formula is C60H78N8O9. The Kier molecular flexibility index (Phi) is 14.7. The molecule has 10 rings (SSSR count). The highest BCUT2D eigenvalue weighted by Crippen LogP contribution is 2.46. The number of nitrogens with one attached hydrogen (secondary N) is 3. The van der Waals surface area contributed by atoms with E-state index >= 15 is 9.59 Å². The number of hydrogen-bond donors (Lipinski definition) is 3. The summed E-state index contributed by atoms with van der Waals surface area (Å²) >= 11 is 0. The molecule has 1 saturated carbocycles. The lowest BCUT2D eigenvalue weighted by Crippen LogP contribution is -2.62. The number of esters is 2. The number of methoxy groups -OCH3 is 1. The smallest absolute Gasteiger partial charge is 0.324 e. The Hall–Kier alpha value is -6.17. The van der Waals surface area contributed by atoms with Gasteiger partial charge in [-0.15, -0.1) is 0 Å². The summed E-state index contributed by atoms with van der Waals surface area (Å²) in [7, 11) is 1.68. The number of carbonyl (C=O) groups is 6. The maximum Gasteiger partial charge on any atom is 0.324 e. The van der Waals surface area contributed by atoms with Crippen LogP contribution in [0.25, 0.3) is 33.3 Å². The molecule has 6 bridgehead atoms. The second-order valence-electron chi connectivity index (χ2n) is 24.9. The summed E-state index contributed by atoms with van der Waals surface area (Å²) in [6, 6.07) is 13.0. The van der Waals surface area contributed by atoms with Crippen molar-refractivity contribution in [3.8, 4) is 28.1 Å². The van der Waals surface area contributed by atoms with E-state index in [-0.39, 0.29) is 61.2 Å². The predicted octanol–water partition coefficient (Wildman–Crippen LogP) is 6.92. The summed E-state index contributed by atoms with van der Waals surface area (Å²) in [6.45, 7) is 19.6. The van der Waals surface area contributed by atoms with E-state index in [4.69, 9.17) is 19.2 Å². The second kappa shape index (κ2) is 20.9. The largest absolute Gasteiger partial charge is 0.464 e. The summed E-state index contributed by atoms with van der Waals surface area (Å²) in [5.41, 5.74) is 7.93. The number of aromatic nitrogens is 2. The van der Waals surface area contributed by atoms with Crippen LogP contribution in [0.15, 0.2) is 54.7 Å². The first-order chi connectivity index (χ1) is 36.6. The van der Waals surface area contributed by atoms with Gasteiger partial charge in [-0.3, -0.25) is 44.1 Å². The minimum absolute atomic E-state index is 0.0257. The van der Waals surface area contributed by atoms with Gasteiger partial charge in [0.2, 0.25) is 17.7 Å². The van der Waals surface area contributed by atoms with Gasteiger partial charge >= 0.3 is 11.9 Å². The number of benzene rings is 2. The molecule has 5 fully saturated rings. The Morgan fingerprint density at radius 3 is 2.44 bits per heavy atom. The van der Waals surface area contributed by atoms with Crippen LogP contribution < -0.4 is 20.8 Å². The lowest BCUT2D eigenvalue weighted by atomic mass is 9.84. The first kappa shape index (κ1) is 54.2. The van der Waals surface area contributed by atoms with Gasteiger partial charge in [-0.05, 0) is 150 Å². The molecule has 3 N–H and O–H groups in total. The van der Waals surface area contributed by atoms with Crippen molar-refractivity contribution in [2.75, 3.05) is 39.9 Å². The SMILES string of the molecule is CCn1c(-c2cccnc2[C@H](C)OC)c2c3cc(ccc31)-c1cc(cc(OC(=O)C(C)(C)C)c1)C[C@H](NC(=O)[C@H](C(C)C)N1CC[C@]3(CCN(C(=O)[C@@H]4N[C@@H]4C4CC4)C3)C1=O)C(=O)N1CCC[C@H](N1)C(=O)OCC(C)(C)C2. The van der Waals surface area contributed by atoms with Crippen molar-refractivity contribution in [2.45, 2.75) is 157 Å². The molecular weight excluding hydrogens is 977 g/mol. The molecule has 17 nitrogen and oxygen atoms in total. The third-order valence-corrected chi connectivity index (χ3v) is 17.0. The Labute approximate surface area is 452 Å². The molecule has 2 aromatic carbocycles. The maximum atomic E-state index is 15.2. The lowest BCUT2D eigenvalue weighted by Gasteiger charge is -2.37. The minimum atomic E-state index is -1.19. The zero-order valence-corrected chi connectivity index (χ0v) is 46.6. The van der Waals surface area contributed by atoms with E-state index in [2.05, 4.69) is 59.6 Å². The number of rotatable bonds is 11. The Bertz CT molecular complexity index is 2990. The minimum Gasteiger partial charge on any atom is -0.464 e. The quantitative estimate of drug-likeness (QED) is 0.0796. The fraction of sp³-hybridized carbons (Fsp3) is 0.583. The first-order valence-electron chi connectivity index (χ1n) is 28.0. The van der Waals surface area contributed by atoms with Crippen molar-refractivity contribution in [3.63, 3.8) is 0 Å². The zero-order chi connectivity index (χ0) is 54.9. The van der Waals surface area contributed by atoms with Gasteiger partial charge in [-0.2, -0.15) is 0 Å². The van der Waals surface area contributed by atoms with E-state index in [1.165, 1.54) is 5.01 Å². The van der Waals surface area contributed by atoms with E-state index in [9.17, 15) is 19.2 Å². The summed E-state index contributed by atoms with van der Waals surface area (Å²) in [4.78, 5) is 94.7. The highest BCUT2D eigenvalue weighted by Gasteiger charge is 2.58. The molecule has 0 radical (unpaired) electrons. The van der Waals surface area contributed by atoms with Gasteiger partial charge in [-0.1, -0.05) is 39.8 Å². The summed E-state index contributed by atoms with van der Waals surface area (Å²) in [5.74, 6) is -1.46. The summed E-state index contributed by atoms with van der Waals surface area (Å²) in [5, 5.41) is 8.90. The lowest BCUT2D eigenvalue weighted by molar-refractivity contribution is -0.155. The normalized spacial score (nSPS) is 25.5. The summed E-state index contributed by atoms with van der Waals surface area (Å²) in [6.07, 6.45) is 6.23. The Morgan fingerprint density at radius 1 is 0.961 bits per heavy atom. The average molecular weight is 1060 g/mol. The molecule has 412 valence electrons. The molecule has 2 aromatic heterocycles. The molecule has 1 spiro atoms. The van der Waals surface area contributed by atoms with E-state index in [0.29, 0.717) is 69.8 Å². The van der Waals surface area contributed by atoms with Crippen LogP contribution in [0.1, 0.15) is 124 Å². The van der Waals surface area contributed by atoms with Crippen LogP contribution in [0.3, 0.4) is 0 Å². The van der Waals surface area contributed by atoms with E-state index in [1.54, 1.807) is 45.0 Å². The summed E-state index contributed by atoms with van der Waals surface area (Å²) < 4.78 is 20.5. The van der Waals surface area contributed by atoms with Gasteiger partial charge in [0.15, 0.2) is 0 Å². The van der Waals surface area contributed by atoms with Crippen LogP contribution in [-0.2, 0) is 57.6 Å². The number of pyridine rings is 1. The molecule has 7 atom stereocenters. The molecule has 5 aliphatic heterocycles. The number of amides is 4. The highest BCUT2D eigenvalue weighted by atomic mass is 16.5. The number of hydrogen-bond acceptors (Lipinski definition) is 12. The average Bonchev–Trinajstić information content (AvgIpc) is 4.38. The number of nitrogens with zero attached hydrogens (tertiary/aromatic N) is 5. The van der Waals surface area contributed by atoms with Crippen molar-refractivity contribution in [1.29, 1.82) is 0 Å². The predicted molar refractivity (Wildman–Crippen MR) is 291 cm³/mol. The van der Waals surface area contributed by atoms with Gasteiger partial charge < -0.3 is 33.9 Å². The third-order valence-electron chi connectivity index (χ3n) is 17.0. The van der Waals surface area contributed by atoms with E-state index in [0.717, 1.165) is 57.4 Å². The molecule has 17 heteroatoms. The van der Waals surface area contributed by atoms with Crippen LogP contribution in [0.5, 0.6) is 5.75 Å². The van der Waals surface area contributed by atoms with E-state index < -0.39 is 58.1 Å². The van der Waals surface area contributed by atoms with Crippen molar-refractivity contribution >= 4 is 46.5 Å². The number of fused-ring (bicyclic) bond motifs is 6. The molecule has 4 aromatic rings. The van der Waals surface area contributed by atoms with Crippen LogP contribution in [0.4, 0.5) is 0 Å².